The van der Waals surface area contributed by atoms with Gasteiger partial charge in [-0.05, 0) is 24.1 Å². The maximum Gasteiger partial charge on any atom is 0.328 e. The third-order valence-corrected chi connectivity index (χ3v) is 3.04. The average molecular weight is 258 g/mol. The third kappa shape index (κ3) is 2.27. The van der Waals surface area contributed by atoms with E-state index in [-0.39, 0.29) is 5.56 Å². The van der Waals surface area contributed by atoms with Crippen molar-refractivity contribution >= 4 is 22.8 Å². The number of nitrogens with zero attached hydrogens (tertiary/aromatic N) is 2. The smallest absolute Gasteiger partial charge is 0.328 e. The molecule has 1 atom stereocenters. The van der Waals surface area contributed by atoms with Crippen LogP contribution in [0.25, 0.3) is 16.8 Å². The van der Waals surface area contributed by atoms with E-state index in [0.717, 1.165) is 10.2 Å². The normalized spacial score (nSPS) is 12.3. The first-order valence-electron chi connectivity index (χ1n) is 5.95. The molecule has 1 aromatic heterocycles. The van der Waals surface area contributed by atoms with Crippen molar-refractivity contribution in [3.8, 4) is 0 Å². The highest BCUT2D eigenvalue weighted by Gasteiger charge is 2.20. The standard InChI is InChI=1S/C14H14N2O3/c1-3-9-5-6-11-10(7-9)8-15-16(13(11)17)12(4-2)14(18)19/h3,5-8,12H,1,4H2,2H3,(H,18,19). The maximum atomic E-state index is 12.2. The van der Waals surface area contributed by atoms with Crippen LogP contribution in [-0.2, 0) is 4.79 Å². The highest BCUT2D eigenvalue weighted by molar-refractivity contribution is 5.83. The number of aliphatic carboxylic acids is 1. The second-order valence-corrected chi connectivity index (χ2v) is 4.21. The fourth-order valence-corrected chi connectivity index (χ4v) is 1.98. The van der Waals surface area contributed by atoms with Gasteiger partial charge in [-0.1, -0.05) is 25.6 Å². The van der Waals surface area contributed by atoms with Crippen molar-refractivity contribution in [2.24, 2.45) is 0 Å². The molecule has 2 rings (SSSR count). The molecular weight excluding hydrogens is 244 g/mol. The average Bonchev–Trinajstić information content (AvgIpc) is 2.41. The van der Waals surface area contributed by atoms with E-state index in [1.54, 1.807) is 31.2 Å². The largest absolute Gasteiger partial charge is 0.480 e. The molecule has 1 heterocycles. The van der Waals surface area contributed by atoms with Gasteiger partial charge in [0.2, 0.25) is 0 Å². The highest BCUT2D eigenvalue weighted by atomic mass is 16.4. The van der Waals surface area contributed by atoms with E-state index in [4.69, 9.17) is 5.11 Å². The Labute approximate surface area is 109 Å². The second kappa shape index (κ2) is 5.06. The zero-order valence-corrected chi connectivity index (χ0v) is 10.5. The number of fused-ring (bicyclic) bond motifs is 1. The predicted molar refractivity (Wildman–Crippen MR) is 73.1 cm³/mol. The van der Waals surface area contributed by atoms with Crippen LogP contribution in [-0.4, -0.2) is 20.9 Å². The van der Waals surface area contributed by atoms with Crippen molar-refractivity contribution in [3.63, 3.8) is 0 Å². The Morgan fingerprint density at radius 2 is 2.32 bits per heavy atom. The summed E-state index contributed by atoms with van der Waals surface area (Å²) in [7, 11) is 0. The van der Waals surface area contributed by atoms with Gasteiger partial charge in [0.1, 0.15) is 0 Å². The minimum Gasteiger partial charge on any atom is -0.480 e. The van der Waals surface area contributed by atoms with Crippen molar-refractivity contribution in [2.75, 3.05) is 0 Å². The molecule has 5 nitrogen and oxygen atoms in total. The summed E-state index contributed by atoms with van der Waals surface area (Å²) >= 11 is 0. The lowest BCUT2D eigenvalue weighted by atomic mass is 10.1. The van der Waals surface area contributed by atoms with Crippen LogP contribution < -0.4 is 5.56 Å². The molecule has 1 unspecified atom stereocenters. The summed E-state index contributed by atoms with van der Waals surface area (Å²) in [5.74, 6) is -1.06. The minimum atomic E-state index is -1.06. The van der Waals surface area contributed by atoms with Crippen LogP contribution in [0.3, 0.4) is 0 Å². The monoisotopic (exact) mass is 258 g/mol. The van der Waals surface area contributed by atoms with Crippen LogP contribution in [0, 0.1) is 0 Å². The van der Waals surface area contributed by atoms with Gasteiger partial charge in [0.25, 0.3) is 5.56 Å². The van der Waals surface area contributed by atoms with Gasteiger partial charge in [-0.2, -0.15) is 5.10 Å². The molecule has 0 saturated heterocycles. The van der Waals surface area contributed by atoms with Gasteiger partial charge in [0.15, 0.2) is 6.04 Å². The molecule has 98 valence electrons. The molecule has 0 spiro atoms. The number of carboxylic acids is 1. The van der Waals surface area contributed by atoms with E-state index < -0.39 is 12.0 Å². The molecule has 2 aromatic rings. The maximum absolute atomic E-state index is 12.2. The molecule has 0 aliphatic rings. The Hall–Kier alpha value is -2.43. The van der Waals surface area contributed by atoms with Gasteiger partial charge < -0.3 is 5.11 Å². The Kier molecular flexibility index (Phi) is 3.46. The molecule has 1 N–H and O–H groups in total. The first-order valence-corrected chi connectivity index (χ1v) is 5.95. The Bertz CT molecular complexity index is 703. The van der Waals surface area contributed by atoms with Gasteiger partial charge in [0, 0.05) is 5.39 Å². The fraction of sp³-hybridized carbons (Fsp3) is 0.214. The van der Waals surface area contributed by atoms with Crippen LogP contribution >= 0.6 is 0 Å². The van der Waals surface area contributed by atoms with Crippen LogP contribution in [0.2, 0.25) is 0 Å². The Morgan fingerprint density at radius 1 is 1.58 bits per heavy atom. The van der Waals surface area contributed by atoms with Gasteiger partial charge in [0.05, 0.1) is 11.6 Å². The summed E-state index contributed by atoms with van der Waals surface area (Å²) in [4.78, 5) is 23.4. The predicted octanol–water partition coefficient (Wildman–Crippen LogP) is 2.08. The quantitative estimate of drug-likeness (QED) is 0.911. The highest BCUT2D eigenvalue weighted by Crippen LogP contribution is 2.14. The number of hydrogen-bond acceptors (Lipinski definition) is 3. The fourth-order valence-electron chi connectivity index (χ4n) is 1.98. The van der Waals surface area contributed by atoms with E-state index in [0.29, 0.717) is 17.2 Å². The zero-order valence-electron chi connectivity index (χ0n) is 10.5. The molecule has 0 aliphatic carbocycles. The first kappa shape index (κ1) is 13.0. The molecular formula is C14H14N2O3. The summed E-state index contributed by atoms with van der Waals surface area (Å²) in [5.41, 5.74) is 0.499. The van der Waals surface area contributed by atoms with Gasteiger partial charge >= 0.3 is 5.97 Å². The van der Waals surface area contributed by atoms with Crippen molar-refractivity contribution in [1.29, 1.82) is 0 Å². The lowest BCUT2D eigenvalue weighted by molar-refractivity contribution is -0.141. The van der Waals surface area contributed by atoms with E-state index >= 15 is 0 Å². The molecule has 0 aliphatic heterocycles. The summed E-state index contributed by atoms with van der Waals surface area (Å²) in [6.07, 6.45) is 3.49. The molecule has 0 radical (unpaired) electrons. The Morgan fingerprint density at radius 3 is 2.89 bits per heavy atom. The summed E-state index contributed by atoms with van der Waals surface area (Å²) in [5, 5.41) is 14.2. The van der Waals surface area contributed by atoms with Crippen LogP contribution in [0.4, 0.5) is 0 Å². The van der Waals surface area contributed by atoms with Gasteiger partial charge in [-0.3, -0.25) is 4.79 Å². The summed E-state index contributed by atoms with van der Waals surface area (Å²) in [6, 6.07) is 4.29. The van der Waals surface area contributed by atoms with Crippen LogP contribution in [0.5, 0.6) is 0 Å². The first-order chi connectivity index (χ1) is 9.08. The lowest BCUT2D eigenvalue weighted by Gasteiger charge is -2.12. The van der Waals surface area contributed by atoms with Crippen molar-refractivity contribution in [1.82, 2.24) is 9.78 Å². The molecule has 5 heteroatoms. The number of benzene rings is 1. The Balaban J connectivity index is 2.67. The number of aromatic nitrogens is 2. The summed E-state index contributed by atoms with van der Waals surface area (Å²) < 4.78 is 1.03. The molecule has 0 fully saturated rings. The topological polar surface area (TPSA) is 72.2 Å². The van der Waals surface area contributed by atoms with Crippen LogP contribution in [0.1, 0.15) is 24.9 Å². The third-order valence-electron chi connectivity index (χ3n) is 3.04. The van der Waals surface area contributed by atoms with Crippen molar-refractivity contribution in [2.45, 2.75) is 19.4 Å². The zero-order chi connectivity index (χ0) is 14.0. The number of carbonyl (C=O) groups is 1. The number of rotatable bonds is 4. The van der Waals surface area contributed by atoms with Crippen molar-refractivity contribution < 1.29 is 9.90 Å². The van der Waals surface area contributed by atoms with Gasteiger partial charge in [-0.15, -0.1) is 0 Å². The second-order valence-electron chi connectivity index (χ2n) is 4.21. The lowest BCUT2D eigenvalue weighted by Crippen LogP contribution is -2.31. The molecule has 0 bridgehead atoms. The molecule has 0 amide bonds. The molecule has 0 saturated carbocycles. The van der Waals surface area contributed by atoms with E-state index in [1.807, 2.05) is 0 Å². The SMILES string of the molecule is C=Cc1ccc2c(=O)n(C(CC)C(=O)O)ncc2c1. The van der Waals surface area contributed by atoms with Crippen molar-refractivity contribution in [3.05, 3.63) is 46.9 Å². The molecule has 1 aromatic carbocycles. The number of hydrogen-bond donors (Lipinski definition) is 1. The van der Waals surface area contributed by atoms with E-state index in [1.165, 1.54) is 6.20 Å². The number of carboxylic acid groups (broad SMARTS) is 1. The van der Waals surface area contributed by atoms with Gasteiger partial charge in [-0.25, -0.2) is 9.48 Å². The minimum absolute atomic E-state index is 0.304. The summed E-state index contributed by atoms with van der Waals surface area (Å²) in [6.45, 7) is 5.37. The molecule has 19 heavy (non-hydrogen) atoms. The van der Waals surface area contributed by atoms with E-state index in [9.17, 15) is 9.59 Å². The van der Waals surface area contributed by atoms with E-state index in [2.05, 4.69) is 11.7 Å². The van der Waals surface area contributed by atoms with Crippen LogP contribution in [0.15, 0.2) is 35.8 Å².